The number of pyridine rings is 1. The van der Waals surface area contributed by atoms with Crippen LogP contribution in [0.15, 0.2) is 36.4 Å². The highest BCUT2D eigenvalue weighted by Gasteiger charge is 2.21. The van der Waals surface area contributed by atoms with Crippen LogP contribution in [0.4, 0.5) is 0 Å². The van der Waals surface area contributed by atoms with Gasteiger partial charge in [-0.25, -0.2) is 4.98 Å². The van der Waals surface area contributed by atoms with Crippen LogP contribution in [0.1, 0.15) is 24.2 Å². The van der Waals surface area contributed by atoms with Crippen LogP contribution >= 0.6 is 0 Å². The minimum absolute atomic E-state index is 0.198. The maximum Gasteiger partial charge on any atom is 0.162 e. The summed E-state index contributed by atoms with van der Waals surface area (Å²) in [4.78, 5) is 4.87. The Morgan fingerprint density at radius 2 is 1.96 bits per heavy atom. The lowest BCUT2D eigenvalue weighted by Gasteiger charge is -2.19. The first-order chi connectivity index (χ1) is 11.7. The van der Waals surface area contributed by atoms with Crippen molar-refractivity contribution in [1.82, 2.24) is 9.38 Å². The summed E-state index contributed by atoms with van der Waals surface area (Å²) in [6.45, 7) is 5.97. The summed E-state index contributed by atoms with van der Waals surface area (Å²) in [7, 11) is 0. The average Bonchev–Trinajstić information content (AvgIpc) is 3.01. The summed E-state index contributed by atoms with van der Waals surface area (Å²) in [5.41, 5.74) is 11.2. The van der Waals surface area contributed by atoms with E-state index < -0.39 is 0 Å². The highest BCUT2D eigenvalue weighted by Crippen LogP contribution is 2.37. The lowest BCUT2D eigenvalue weighted by Crippen LogP contribution is -2.15. The molecular formula is C19H21N3O2. The number of rotatable bonds is 3. The SMILES string of the molecule is Cc1cccc2nc(-c3ccc4c(c3)OCCO4)c(C(C)CN)n12. The second-order valence-electron chi connectivity index (χ2n) is 6.20. The van der Waals surface area contributed by atoms with Gasteiger partial charge in [-0.15, -0.1) is 0 Å². The molecule has 4 rings (SSSR count). The fourth-order valence-corrected chi connectivity index (χ4v) is 3.25. The molecule has 0 aliphatic carbocycles. The van der Waals surface area contributed by atoms with Gasteiger partial charge in [-0.2, -0.15) is 0 Å². The third kappa shape index (κ3) is 2.32. The zero-order valence-electron chi connectivity index (χ0n) is 14.0. The van der Waals surface area contributed by atoms with Gasteiger partial charge >= 0.3 is 0 Å². The molecule has 2 aromatic heterocycles. The molecule has 3 aromatic rings. The molecular weight excluding hydrogens is 302 g/mol. The topological polar surface area (TPSA) is 61.8 Å². The van der Waals surface area contributed by atoms with E-state index in [2.05, 4.69) is 24.3 Å². The summed E-state index contributed by atoms with van der Waals surface area (Å²) in [5, 5.41) is 0. The molecule has 0 saturated carbocycles. The van der Waals surface area contributed by atoms with Crippen LogP contribution in [0.5, 0.6) is 11.5 Å². The van der Waals surface area contributed by atoms with Gasteiger partial charge in [-0.1, -0.05) is 13.0 Å². The van der Waals surface area contributed by atoms with Gasteiger partial charge in [-0.3, -0.25) is 0 Å². The largest absolute Gasteiger partial charge is 0.486 e. The van der Waals surface area contributed by atoms with Crippen LogP contribution in [0, 0.1) is 6.92 Å². The minimum atomic E-state index is 0.198. The molecule has 1 unspecified atom stereocenters. The first-order valence-corrected chi connectivity index (χ1v) is 8.27. The average molecular weight is 323 g/mol. The molecule has 3 heterocycles. The number of nitrogens with two attached hydrogens (primary N) is 1. The summed E-state index contributed by atoms with van der Waals surface area (Å²) in [5.74, 6) is 1.77. The Hall–Kier alpha value is -2.53. The highest BCUT2D eigenvalue weighted by atomic mass is 16.6. The molecule has 0 saturated heterocycles. The second-order valence-corrected chi connectivity index (χ2v) is 6.20. The Kier molecular flexibility index (Phi) is 3.65. The lowest BCUT2D eigenvalue weighted by molar-refractivity contribution is 0.171. The molecule has 2 N–H and O–H groups in total. The number of imidazole rings is 1. The number of hydrogen-bond donors (Lipinski definition) is 1. The van der Waals surface area contributed by atoms with Crippen molar-refractivity contribution in [3.8, 4) is 22.8 Å². The van der Waals surface area contributed by atoms with Gasteiger partial charge in [0.25, 0.3) is 0 Å². The zero-order chi connectivity index (χ0) is 16.7. The predicted octanol–water partition coefficient (Wildman–Crippen LogP) is 3.14. The van der Waals surface area contributed by atoms with E-state index in [0.717, 1.165) is 39.8 Å². The van der Waals surface area contributed by atoms with Gasteiger partial charge in [0.2, 0.25) is 0 Å². The van der Waals surface area contributed by atoms with Gasteiger partial charge in [0.15, 0.2) is 11.5 Å². The third-order valence-corrected chi connectivity index (χ3v) is 4.51. The van der Waals surface area contributed by atoms with Crippen LogP contribution < -0.4 is 15.2 Å². The number of aryl methyl sites for hydroxylation is 1. The van der Waals surface area contributed by atoms with Crippen LogP contribution in [-0.2, 0) is 0 Å². The molecule has 1 aliphatic rings. The van der Waals surface area contributed by atoms with Crippen molar-refractivity contribution < 1.29 is 9.47 Å². The number of hydrogen-bond acceptors (Lipinski definition) is 4. The first-order valence-electron chi connectivity index (χ1n) is 8.27. The molecule has 0 spiro atoms. The quantitative estimate of drug-likeness (QED) is 0.804. The van der Waals surface area contributed by atoms with Gasteiger partial charge in [0.1, 0.15) is 18.9 Å². The van der Waals surface area contributed by atoms with Crippen molar-refractivity contribution in [3.63, 3.8) is 0 Å². The fraction of sp³-hybridized carbons (Fsp3) is 0.316. The van der Waals surface area contributed by atoms with Gasteiger partial charge in [0.05, 0.1) is 11.4 Å². The smallest absolute Gasteiger partial charge is 0.162 e. The molecule has 1 aromatic carbocycles. The number of benzene rings is 1. The summed E-state index contributed by atoms with van der Waals surface area (Å²) >= 11 is 0. The van der Waals surface area contributed by atoms with E-state index in [1.807, 2.05) is 30.3 Å². The van der Waals surface area contributed by atoms with Crippen molar-refractivity contribution in [3.05, 3.63) is 47.8 Å². The van der Waals surface area contributed by atoms with E-state index in [1.165, 1.54) is 0 Å². The number of ether oxygens (including phenoxy) is 2. The fourth-order valence-electron chi connectivity index (χ4n) is 3.25. The Morgan fingerprint density at radius 3 is 2.75 bits per heavy atom. The molecule has 124 valence electrons. The summed E-state index contributed by atoms with van der Waals surface area (Å²) in [6, 6.07) is 12.2. The Bertz CT molecular complexity index is 901. The van der Waals surface area contributed by atoms with E-state index in [9.17, 15) is 0 Å². The lowest BCUT2D eigenvalue weighted by atomic mass is 10.0. The number of aromatic nitrogens is 2. The van der Waals surface area contributed by atoms with E-state index in [-0.39, 0.29) is 5.92 Å². The first kappa shape index (κ1) is 15.0. The molecule has 24 heavy (non-hydrogen) atoms. The Labute approximate surface area is 141 Å². The Balaban J connectivity index is 1.94. The summed E-state index contributed by atoms with van der Waals surface area (Å²) in [6.07, 6.45) is 0. The maximum absolute atomic E-state index is 5.98. The molecule has 0 amide bonds. The molecule has 1 atom stereocenters. The summed E-state index contributed by atoms with van der Waals surface area (Å²) < 4.78 is 13.5. The van der Waals surface area contributed by atoms with Crippen LogP contribution in [0.25, 0.3) is 16.9 Å². The maximum atomic E-state index is 5.98. The predicted molar refractivity (Wildman–Crippen MR) is 93.8 cm³/mol. The van der Waals surface area contributed by atoms with Crippen molar-refractivity contribution in [2.75, 3.05) is 19.8 Å². The van der Waals surface area contributed by atoms with E-state index in [1.54, 1.807) is 0 Å². The third-order valence-electron chi connectivity index (χ3n) is 4.51. The molecule has 0 bridgehead atoms. The van der Waals surface area contributed by atoms with Gasteiger partial charge in [-0.05, 0) is 37.3 Å². The van der Waals surface area contributed by atoms with Crippen LogP contribution in [0.2, 0.25) is 0 Å². The van der Waals surface area contributed by atoms with E-state index in [4.69, 9.17) is 20.2 Å². The van der Waals surface area contributed by atoms with Crippen molar-refractivity contribution in [2.24, 2.45) is 5.73 Å². The van der Waals surface area contributed by atoms with Gasteiger partial charge in [0, 0.05) is 23.7 Å². The highest BCUT2D eigenvalue weighted by molar-refractivity contribution is 5.70. The van der Waals surface area contributed by atoms with E-state index in [0.29, 0.717) is 19.8 Å². The van der Waals surface area contributed by atoms with Crippen LogP contribution in [-0.4, -0.2) is 29.1 Å². The molecule has 5 nitrogen and oxygen atoms in total. The molecule has 5 heteroatoms. The minimum Gasteiger partial charge on any atom is -0.486 e. The van der Waals surface area contributed by atoms with Crippen molar-refractivity contribution in [1.29, 1.82) is 0 Å². The number of nitrogens with zero attached hydrogens (tertiary/aromatic N) is 2. The molecule has 0 fully saturated rings. The molecule has 1 aliphatic heterocycles. The zero-order valence-corrected chi connectivity index (χ0v) is 14.0. The van der Waals surface area contributed by atoms with Crippen molar-refractivity contribution in [2.45, 2.75) is 19.8 Å². The number of fused-ring (bicyclic) bond motifs is 2. The normalized spacial score (nSPS) is 14.8. The second kappa shape index (κ2) is 5.83. The standard InChI is InChI=1S/C19H21N3O2/c1-12(11-20)19-18(21-17-5-3-4-13(2)22(17)19)14-6-7-15-16(10-14)24-9-8-23-15/h3-7,10,12H,8-9,11,20H2,1-2H3. The van der Waals surface area contributed by atoms with Gasteiger partial charge < -0.3 is 19.6 Å². The van der Waals surface area contributed by atoms with E-state index >= 15 is 0 Å². The van der Waals surface area contributed by atoms with Crippen LogP contribution in [0.3, 0.4) is 0 Å². The Morgan fingerprint density at radius 1 is 1.17 bits per heavy atom. The monoisotopic (exact) mass is 323 g/mol. The van der Waals surface area contributed by atoms with Crippen molar-refractivity contribution >= 4 is 5.65 Å². The molecule has 0 radical (unpaired) electrons.